The first-order chi connectivity index (χ1) is 9.12. The van der Waals surface area contributed by atoms with E-state index in [1.165, 1.54) is 0 Å². The summed E-state index contributed by atoms with van der Waals surface area (Å²) in [5, 5.41) is 3.42. The van der Waals surface area contributed by atoms with Crippen LogP contribution in [0.2, 0.25) is 0 Å². The minimum Gasteiger partial charge on any atom is -0.486 e. The van der Waals surface area contributed by atoms with Gasteiger partial charge in [-0.2, -0.15) is 0 Å². The maximum absolute atomic E-state index is 5.69. The minimum absolute atomic E-state index is 0.152. The van der Waals surface area contributed by atoms with Crippen molar-refractivity contribution in [2.75, 3.05) is 26.4 Å². The second-order valence-corrected chi connectivity index (χ2v) is 5.24. The molecular formula is C15H23NO3. The summed E-state index contributed by atoms with van der Waals surface area (Å²) < 4.78 is 16.9. The zero-order valence-corrected chi connectivity index (χ0v) is 12.0. The monoisotopic (exact) mass is 265 g/mol. The Balaban J connectivity index is 1.93. The molecule has 4 heteroatoms. The first kappa shape index (κ1) is 14.2. The highest BCUT2D eigenvalue weighted by Crippen LogP contribution is 2.33. The summed E-state index contributed by atoms with van der Waals surface area (Å²) in [6.45, 7) is 9.71. The molecule has 19 heavy (non-hydrogen) atoms. The average molecular weight is 265 g/mol. The van der Waals surface area contributed by atoms with Crippen molar-refractivity contribution in [3.05, 3.63) is 23.8 Å². The molecule has 0 unspecified atom stereocenters. The quantitative estimate of drug-likeness (QED) is 0.857. The van der Waals surface area contributed by atoms with E-state index >= 15 is 0 Å². The Morgan fingerprint density at radius 3 is 2.84 bits per heavy atom. The number of hydrogen-bond acceptors (Lipinski definition) is 4. The Bertz CT molecular complexity index is 418. The molecule has 1 heterocycles. The molecule has 0 aromatic heterocycles. The predicted molar refractivity (Wildman–Crippen MR) is 74.8 cm³/mol. The molecule has 1 N–H and O–H groups in total. The molecule has 4 nitrogen and oxygen atoms in total. The van der Waals surface area contributed by atoms with Crippen molar-refractivity contribution >= 4 is 0 Å². The first-order valence-corrected chi connectivity index (χ1v) is 6.84. The minimum atomic E-state index is -0.152. The van der Waals surface area contributed by atoms with Crippen molar-refractivity contribution in [1.82, 2.24) is 5.32 Å². The molecule has 2 rings (SSSR count). The van der Waals surface area contributed by atoms with Crippen LogP contribution >= 0.6 is 0 Å². The topological polar surface area (TPSA) is 39.7 Å². The molecule has 0 atom stereocenters. The van der Waals surface area contributed by atoms with Gasteiger partial charge >= 0.3 is 0 Å². The van der Waals surface area contributed by atoms with Gasteiger partial charge in [0.15, 0.2) is 11.5 Å². The van der Waals surface area contributed by atoms with Crippen LogP contribution in [0.1, 0.15) is 26.3 Å². The molecule has 0 aliphatic carbocycles. The average Bonchev–Trinajstić information content (AvgIpc) is 2.39. The molecule has 1 aliphatic rings. The van der Waals surface area contributed by atoms with E-state index in [0.29, 0.717) is 13.2 Å². The van der Waals surface area contributed by atoms with Crippen LogP contribution < -0.4 is 14.8 Å². The zero-order chi connectivity index (χ0) is 13.7. The van der Waals surface area contributed by atoms with Crippen LogP contribution in [0.4, 0.5) is 0 Å². The number of nitrogens with one attached hydrogen (secondary N) is 1. The lowest BCUT2D eigenvalue weighted by atomic mass is 10.1. The van der Waals surface area contributed by atoms with Crippen LogP contribution in [-0.2, 0) is 11.3 Å². The highest BCUT2D eigenvalue weighted by atomic mass is 16.6. The van der Waals surface area contributed by atoms with Crippen LogP contribution in [0.5, 0.6) is 11.5 Å². The summed E-state index contributed by atoms with van der Waals surface area (Å²) in [6, 6.07) is 6.01. The summed E-state index contributed by atoms with van der Waals surface area (Å²) in [7, 11) is 0. The van der Waals surface area contributed by atoms with Gasteiger partial charge in [0.05, 0.1) is 5.60 Å². The van der Waals surface area contributed by atoms with Crippen molar-refractivity contribution in [3.8, 4) is 11.5 Å². The van der Waals surface area contributed by atoms with Crippen LogP contribution in [0.15, 0.2) is 18.2 Å². The molecular weight excluding hydrogens is 242 g/mol. The standard InChI is InChI=1S/C15H23NO3/c1-4-19-15(2,3)11-16-10-12-6-5-7-13-14(12)18-9-8-17-13/h5-7,16H,4,8-11H2,1-3H3. The van der Waals surface area contributed by atoms with Gasteiger partial charge in [-0.1, -0.05) is 12.1 Å². The van der Waals surface area contributed by atoms with Gasteiger partial charge in [0.2, 0.25) is 0 Å². The van der Waals surface area contributed by atoms with Gasteiger partial charge in [-0.15, -0.1) is 0 Å². The van der Waals surface area contributed by atoms with E-state index in [2.05, 4.69) is 25.2 Å². The summed E-state index contributed by atoms with van der Waals surface area (Å²) >= 11 is 0. The van der Waals surface area contributed by atoms with Crippen molar-refractivity contribution in [3.63, 3.8) is 0 Å². The van der Waals surface area contributed by atoms with Gasteiger partial charge in [-0.25, -0.2) is 0 Å². The predicted octanol–water partition coefficient (Wildman–Crippen LogP) is 2.36. The fourth-order valence-corrected chi connectivity index (χ4v) is 2.21. The highest BCUT2D eigenvalue weighted by molar-refractivity contribution is 5.47. The largest absolute Gasteiger partial charge is 0.486 e. The SMILES string of the molecule is CCOC(C)(C)CNCc1cccc2c1OCCO2. The van der Waals surface area contributed by atoms with Crippen LogP contribution in [0, 0.1) is 0 Å². The van der Waals surface area contributed by atoms with Gasteiger partial charge in [-0.05, 0) is 26.8 Å². The maximum atomic E-state index is 5.69. The summed E-state index contributed by atoms with van der Waals surface area (Å²) in [5.41, 5.74) is 0.977. The van der Waals surface area contributed by atoms with Gasteiger partial charge in [0.1, 0.15) is 13.2 Å². The van der Waals surface area contributed by atoms with Crippen molar-refractivity contribution in [1.29, 1.82) is 0 Å². The third kappa shape index (κ3) is 3.85. The smallest absolute Gasteiger partial charge is 0.165 e. The first-order valence-electron chi connectivity index (χ1n) is 6.84. The second-order valence-electron chi connectivity index (χ2n) is 5.24. The van der Waals surface area contributed by atoms with Gasteiger partial charge in [-0.3, -0.25) is 0 Å². The fourth-order valence-electron chi connectivity index (χ4n) is 2.21. The zero-order valence-electron chi connectivity index (χ0n) is 12.0. The Morgan fingerprint density at radius 1 is 1.26 bits per heavy atom. The molecule has 0 spiro atoms. The lowest BCUT2D eigenvalue weighted by Crippen LogP contribution is -2.37. The van der Waals surface area contributed by atoms with Gasteiger partial charge < -0.3 is 19.5 Å². The van der Waals surface area contributed by atoms with Crippen molar-refractivity contribution in [2.24, 2.45) is 0 Å². The van der Waals surface area contributed by atoms with Gasteiger partial charge in [0.25, 0.3) is 0 Å². The van der Waals surface area contributed by atoms with E-state index in [9.17, 15) is 0 Å². The van der Waals surface area contributed by atoms with Crippen LogP contribution in [-0.4, -0.2) is 32.0 Å². The molecule has 0 radical (unpaired) electrons. The van der Waals surface area contributed by atoms with E-state index in [1.54, 1.807) is 0 Å². The Morgan fingerprint density at radius 2 is 2.05 bits per heavy atom. The van der Waals surface area contributed by atoms with Crippen LogP contribution in [0.3, 0.4) is 0 Å². The highest BCUT2D eigenvalue weighted by Gasteiger charge is 2.18. The number of hydrogen-bond donors (Lipinski definition) is 1. The third-order valence-corrected chi connectivity index (χ3v) is 3.05. The Labute approximate surface area is 115 Å². The lowest BCUT2D eigenvalue weighted by molar-refractivity contribution is -0.00902. The van der Waals surface area contributed by atoms with Crippen molar-refractivity contribution < 1.29 is 14.2 Å². The summed E-state index contributed by atoms with van der Waals surface area (Å²) in [6.07, 6.45) is 0. The van der Waals surface area contributed by atoms with E-state index in [1.807, 2.05) is 19.1 Å². The molecule has 0 saturated heterocycles. The Hall–Kier alpha value is -1.26. The molecule has 0 amide bonds. The lowest BCUT2D eigenvalue weighted by Gasteiger charge is -2.26. The third-order valence-electron chi connectivity index (χ3n) is 3.05. The van der Waals surface area contributed by atoms with Gasteiger partial charge in [0, 0.05) is 25.3 Å². The number of fused-ring (bicyclic) bond motifs is 1. The molecule has 1 aliphatic heterocycles. The molecule has 0 fully saturated rings. The number of rotatable bonds is 6. The van der Waals surface area contributed by atoms with E-state index in [4.69, 9.17) is 14.2 Å². The second kappa shape index (κ2) is 6.26. The Kier molecular flexibility index (Phi) is 4.66. The molecule has 1 aromatic carbocycles. The molecule has 0 saturated carbocycles. The summed E-state index contributed by atoms with van der Waals surface area (Å²) in [5.74, 6) is 1.71. The molecule has 0 bridgehead atoms. The number of benzene rings is 1. The molecule has 106 valence electrons. The maximum Gasteiger partial charge on any atom is 0.165 e. The van der Waals surface area contributed by atoms with E-state index < -0.39 is 0 Å². The van der Waals surface area contributed by atoms with E-state index in [0.717, 1.165) is 36.8 Å². The fraction of sp³-hybridized carbons (Fsp3) is 0.600. The van der Waals surface area contributed by atoms with Crippen LogP contribution in [0.25, 0.3) is 0 Å². The van der Waals surface area contributed by atoms with Crippen molar-refractivity contribution in [2.45, 2.75) is 32.9 Å². The van der Waals surface area contributed by atoms with E-state index in [-0.39, 0.29) is 5.60 Å². The number of ether oxygens (including phenoxy) is 3. The summed E-state index contributed by atoms with van der Waals surface area (Å²) in [4.78, 5) is 0. The normalized spacial score (nSPS) is 14.5. The number of para-hydroxylation sites is 1. The molecule has 1 aromatic rings.